The maximum Gasteiger partial charge on any atom is 0.162 e. The van der Waals surface area contributed by atoms with Gasteiger partial charge in [0.2, 0.25) is 0 Å². The van der Waals surface area contributed by atoms with Crippen molar-refractivity contribution in [3.05, 3.63) is 35.4 Å². The Morgan fingerprint density at radius 2 is 2.00 bits per heavy atom. The second kappa shape index (κ2) is 7.35. The summed E-state index contributed by atoms with van der Waals surface area (Å²) >= 11 is 0. The van der Waals surface area contributed by atoms with E-state index in [1.807, 2.05) is 7.05 Å². The first kappa shape index (κ1) is 14.1. The van der Waals surface area contributed by atoms with Crippen molar-refractivity contribution in [1.29, 1.82) is 0 Å². The highest BCUT2D eigenvalue weighted by atomic mass is 19.2. The number of hydrogen-bond donors (Lipinski definition) is 1. The van der Waals surface area contributed by atoms with Crippen LogP contribution in [0.2, 0.25) is 0 Å². The summed E-state index contributed by atoms with van der Waals surface area (Å²) in [7, 11) is 2.05. The summed E-state index contributed by atoms with van der Waals surface area (Å²) in [6.45, 7) is 5.60. The minimum Gasteiger partial charge on any atom is -0.315 e. The van der Waals surface area contributed by atoms with Crippen LogP contribution in [0, 0.1) is 11.6 Å². The standard InChI is InChI=1S/C13H20F2N2/c1-3-17(2)10-9-16-8-7-11-5-4-6-12(14)13(11)15/h4-6,16H,3,7-10H2,1-2H3. The van der Waals surface area contributed by atoms with E-state index in [1.165, 1.54) is 0 Å². The van der Waals surface area contributed by atoms with Crippen LogP contribution < -0.4 is 5.32 Å². The van der Waals surface area contributed by atoms with Gasteiger partial charge in [-0.1, -0.05) is 19.1 Å². The quantitative estimate of drug-likeness (QED) is 0.736. The lowest BCUT2D eigenvalue weighted by molar-refractivity contribution is 0.349. The molecule has 0 aliphatic rings. The van der Waals surface area contributed by atoms with Gasteiger partial charge in [-0.2, -0.15) is 0 Å². The third-order valence-electron chi connectivity index (χ3n) is 2.81. The zero-order valence-corrected chi connectivity index (χ0v) is 10.5. The van der Waals surface area contributed by atoms with Gasteiger partial charge in [-0.05, 0) is 38.2 Å². The van der Waals surface area contributed by atoms with Crippen LogP contribution in [-0.4, -0.2) is 38.1 Å². The van der Waals surface area contributed by atoms with Gasteiger partial charge in [0, 0.05) is 13.1 Å². The average Bonchev–Trinajstić information content (AvgIpc) is 2.33. The van der Waals surface area contributed by atoms with Gasteiger partial charge in [-0.3, -0.25) is 0 Å². The van der Waals surface area contributed by atoms with Crippen molar-refractivity contribution in [3.8, 4) is 0 Å². The molecule has 1 rings (SSSR count). The topological polar surface area (TPSA) is 15.3 Å². The Labute approximate surface area is 102 Å². The van der Waals surface area contributed by atoms with Crippen LogP contribution in [0.4, 0.5) is 8.78 Å². The molecule has 4 heteroatoms. The number of likely N-dealkylation sites (N-methyl/N-ethyl adjacent to an activating group) is 1. The Balaban J connectivity index is 2.25. The lowest BCUT2D eigenvalue weighted by atomic mass is 10.1. The second-order valence-electron chi connectivity index (χ2n) is 4.11. The summed E-state index contributed by atoms with van der Waals surface area (Å²) in [4.78, 5) is 2.19. The Kier molecular flexibility index (Phi) is 6.08. The van der Waals surface area contributed by atoms with E-state index in [2.05, 4.69) is 17.1 Å². The third-order valence-corrected chi connectivity index (χ3v) is 2.81. The van der Waals surface area contributed by atoms with E-state index in [-0.39, 0.29) is 0 Å². The van der Waals surface area contributed by atoms with Gasteiger partial charge in [0.05, 0.1) is 0 Å². The molecule has 0 heterocycles. The number of nitrogens with one attached hydrogen (secondary N) is 1. The van der Waals surface area contributed by atoms with Gasteiger partial charge in [0.15, 0.2) is 11.6 Å². The van der Waals surface area contributed by atoms with Crippen molar-refractivity contribution in [1.82, 2.24) is 10.2 Å². The first-order valence-electron chi connectivity index (χ1n) is 5.97. The summed E-state index contributed by atoms with van der Waals surface area (Å²) in [5.74, 6) is -1.49. The highest BCUT2D eigenvalue weighted by molar-refractivity contribution is 5.19. The van der Waals surface area contributed by atoms with E-state index >= 15 is 0 Å². The van der Waals surface area contributed by atoms with Crippen molar-refractivity contribution >= 4 is 0 Å². The summed E-state index contributed by atoms with van der Waals surface area (Å²) in [6.07, 6.45) is 0.513. The second-order valence-corrected chi connectivity index (χ2v) is 4.11. The molecule has 0 aliphatic heterocycles. The van der Waals surface area contributed by atoms with Crippen molar-refractivity contribution in [2.75, 3.05) is 33.2 Å². The van der Waals surface area contributed by atoms with E-state index in [4.69, 9.17) is 0 Å². The summed E-state index contributed by atoms with van der Waals surface area (Å²) < 4.78 is 26.2. The van der Waals surface area contributed by atoms with Crippen LogP contribution in [-0.2, 0) is 6.42 Å². The molecule has 0 saturated carbocycles. The zero-order valence-electron chi connectivity index (χ0n) is 10.5. The molecule has 1 N–H and O–H groups in total. The molecule has 1 aromatic carbocycles. The number of halogens is 2. The molecule has 0 aliphatic carbocycles. The number of nitrogens with zero attached hydrogens (tertiary/aromatic N) is 1. The van der Waals surface area contributed by atoms with E-state index in [9.17, 15) is 8.78 Å². The molecular weight excluding hydrogens is 222 g/mol. The molecule has 1 aromatic rings. The first-order valence-corrected chi connectivity index (χ1v) is 5.97. The predicted octanol–water partition coefficient (Wildman–Crippen LogP) is 2.05. The average molecular weight is 242 g/mol. The Morgan fingerprint density at radius 1 is 1.24 bits per heavy atom. The van der Waals surface area contributed by atoms with Crippen LogP contribution in [0.3, 0.4) is 0 Å². The fourth-order valence-electron chi connectivity index (χ4n) is 1.52. The molecule has 96 valence electrons. The molecule has 0 saturated heterocycles. The molecule has 0 fully saturated rings. The fraction of sp³-hybridized carbons (Fsp3) is 0.538. The lowest BCUT2D eigenvalue weighted by Crippen LogP contribution is -2.30. The van der Waals surface area contributed by atoms with Crippen molar-refractivity contribution < 1.29 is 8.78 Å². The Bertz CT molecular complexity index is 342. The fourth-order valence-corrected chi connectivity index (χ4v) is 1.52. The SMILES string of the molecule is CCN(C)CCNCCc1cccc(F)c1F. The molecule has 2 nitrogen and oxygen atoms in total. The van der Waals surface area contributed by atoms with E-state index in [1.54, 1.807) is 12.1 Å². The highest BCUT2D eigenvalue weighted by Gasteiger charge is 2.06. The predicted molar refractivity (Wildman–Crippen MR) is 66.1 cm³/mol. The molecule has 0 bridgehead atoms. The van der Waals surface area contributed by atoms with E-state index in [0.717, 1.165) is 25.7 Å². The van der Waals surface area contributed by atoms with Gasteiger partial charge in [0.1, 0.15) is 0 Å². The lowest BCUT2D eigenvalue weighted by Gasteiger charge is -2.14. The Morgan fingerprint density at radius 3 is 2.71 bits per heavy atom. The minimum atomic E-state index is -0.770. The molecule has 17 heavy (non-hydrogen) atoms. The maximum absolute atomic E-state index is 13.3. The minimum absolute atomic E-state index is 0.432. The molecule has 0 amide bonds. The van der Waals surface area contributed by atoms with Crippen molar-refractivity contribution in [3.63, 3.8) is 0 Å². The zero-order chi connectivity index (χ0) is 12.7. The smallest absolute Gasteiger partial charge is 0.162 e. The number of rotatable bonds is 7. The van der Waals surface area contributed by atoms with Crippen molar-refractivity contribution in [2.45, 2.75) is 13.3 Å². The largest absolute Gasteiger partial charge is 0.315 e. The summed E-state index contributed by atoms with van der Waals surface area (Å²) in [6, 6.07) is 4.30. The molecule has 0 radical (unpaired) electrons. The van der Waals surface area contributed by atoms with Crippen molar-refractivity contribution in [2.24, 2.45) is 0 Å². The molecule has 0 atom stereocenters. The van der Waals surface area contributed by atoms with Crippen LogP contribution in [0.15, 0.2) is 18.2 Å². The molecule has 0 spiro atoms. The van der Waals surface area contributed by atoms with Crippen LogP contribution in [0.1, 0.15) is 12.5 Å². The molecule has 0 unspecified atom stereocenters. The van der Waals surface area contributed by atoms with Gasteiger partial charge in [-0.25, -0.2) is 8.78 Å². The molecule has 0 aromatic heterocycles. The van der Waals surface area contributed by atoms with Gasteiger partial charge in [0.25, 0.3) is 0 Å². The van der Waals surface area contributed by atoms with Gasteiger partial charge < -0.3 is 10.2 Å². The van der Waals surface area contributed by atoms with Gasteiger partial charge in [-0.15, -0.1) is 0 Å². The summed E-state index contributed by atoms with van der Waals surface area (Å²) in [5, 5.41) is 3.21. The maximum atomic E-state index is 13.3. The third kappa shape index (κ3) is 4.79. The van der Waals surface area contributed by atoms with Gasteiger partial charge >= 0.3 is 0 Å². The normalized spacial score (nSPS) is 11.1. The molecular formula is C13H20F2N2. The van der Waals surface area contributed by atoms with Crippen LogP contribution >= 0.6 is 0 Å². The highest BCUT2D eigenvalue weighted by Crippen LogP contribution is 2.11. The number of hydrogen-bond acceptors (Lipinski definition) is 2. The number of benzene rings is 1. The van der Waals surface area contributed by atoms with E-state index < -0.39 is 11.6 Å². The van der Waals surface area contributed by atoms with Crippen LogP contribution in [0.5, 0.6) is 0 Å². The summed E-state index contributed by atoms with van der Waals surface area (Å²) in [5.41, 5.74) is 0.432. The van der Waals surface area contributed by atoms with E-state index in [0.29, 0.717) is 18.5 Å². The first-order chi connectivity index (χ1) is 8.15. The Hall–Kier alpha value is -1.00. The van der Waals surface area contributed by atoms with Crippen LogP contribution in [0.25, 0.3) is 0 Å². The monoisotopic (exact) mass is 242 g/mol.